The standard InChI is InChI=1S/C21H17N5O4S/c1-15(27)16-4-2-5-19(14-16)31(28,29)25-17-6-8-18(9-7-17)30-21-11-10-20(23-24-21)26-13-3-12-22-26/h2-14,25H,1H3. The smallest absolute Gasteiger partial charge is 0.261 e. The molecule has 0 saturated heterocycles. The van der Waals surface area contributed by atoms with Crippen molar-refractivity contribution >= 4 is 21.5 Å². The van der Waals surface area contributed by atoms with Crippen LogP contribution in [0.4, 0.5) is 5.69 Å². The second-order valence-electron chi connectivity index (χ2n) is 6.50. The molecule has 0 aliphatic heterocycles. The molecule has 4 rings (SSSR count). The number of hydrogen-bond donors (Lipinski definition) is 1. The summed E-state index contributed by atoms with van der Waals surface area (Å²) in [6.45, 7) is 1.38. The summed E-state index contributed by atoms with van der Waals surface area (Å²) in [6, 6.07) is 17.3. The number of carbonyl (C=O) groups excluding carboxylic acids is 1. The first-order chi connectivity index (χ1) is 14.9. The van der Waals surface area contributed by atoms with Crippen LogP contribution in [0.3, 0.4) is 0 Å². The van der Waals surface area contributed by atoms with Gasteiger partial charge in [-0.1, -0.05) is 12.1 Å². The second-order valence-corrected chi connectivity index (χ2v) is 8.18. The highest BCUT2D eigenvalue weighted by Crippen LogP contribution is 2.23. The van der Waals surface area contributed by atoms with E-state index in [0.717, 1.165) is 0 Å². The van der Waals surface area contributed by atoms with Crippen LogP contribution in [0, 0.1) is 0 Å². The van der Waals surface area contributed by atoms with E-state index in [1.54, 1.807) is 65.6 Å². The summed E-state index contributed by atoms with van der Waals surface area (Å²) in [7, 11) is -3.84. The maximum atomic E-state index is 12.6. The summed E-state index contributed by atoms with van der Waals surface area (Å²) in [5.74, 6) is 1.09. The third kappa shape index (κ3) is 4.75. The van der Waals surface area contributed by atoms with Gasteiger partial charge in [-0.2, -0.15) is 5.10 Å². The average molecular weight is 435 g/mol. The van der Waals surface area contributed by atoms with Crippen molar-refractivity contribution in [1.29, 1.82) is 0 Å². The molecule has 9 nitrogen and oxygen atoms in total. The Kier molecular flexibility index (Phi) is 5.46. The Morgan fingerprint density at radius 1 is 1.00 bits per heavy atom. The molecule has 0 saturated carbocycles. The van der Waals surface area contributed by atoms with E-state index in [0.29, 0.717) is 22.8 Å². The Labute approximate surface area is 178 Å². The molecule has 0 spiro atoms. The number of carbonyl (C=O) groups is 1. The summed E-state index contributed by atoms with van der Waals surface area (Å²) in [5, 5.41) is 12.1. The third-order valence-electron chi connectivity index (χ3n) is 4.24. The van der Waals surface area contributed by atoms with Gasteiger partial charge in [-0.15, -0.1) is 10.2 Å². The Morgan fingerprint density at radius 3 is 2.45 bits per heavy atom. The van der Waals surface area contributed by atoms with E-state index >= 15 is 0 Å². The van der Waals surface area contributed by atoms with E-state index in [1.807, 2.05) is 0 Å². The maximum absolute atomic E-state index is 12.6. The monoisotopic (exact) mass is 435 g/mol. The SMILES string of the molecule is CC(=O)c1cccc(S(=O)(=O)Nc2ccc(Oc3ccc(-n4cccn4)nn3)cc2)c1. The maximum Gasteiger partial charge on any atom is 0.261 e. The van der Waals surface area contributed by atoms with Crippen LogP contribution in [0.2, 0.25) is 0 Å². The van der Waals surface area contributed by atoms with Crippen LogP contribution in [0.5, 0.6) is 11.6 Å². The Balaban J connectivity index is 1.44. The number of ether oxygens (including phenoxy) is 1. The molecule has 10 heteroatoms. The quantitative estimate of drug-likeness (QED) is 0.442. The predicted octanol–water partition coefficient (Wildman–Crippen LogP) is 3.46. The van der Waals surface area contributed by atoms with Crippen molar-refractivity contribution in [2.45, 2.75) is 11.8 Å². The molecular formula is C21H17N5O4S. The van der Waals surface area contributed by atoms with Crippen LogP contribution in [0.1, 0.15) is 17.3 Å². The van der Waals surface area contributed by atoms with E-state index in [4.69, 9.17) is 4.74 Å². The van der Waals surface area contributed by atoms with Gasteiger partial charge in [0.1, 0.15) is 5.75 Å². The molecule has 0 bridgehead atoms. The lowest BCUT2D eigenvalue weighted by molar-refractivity contribution is 0.101. The second kappa shape index (κ2) is 8.36. The molecule has 1 N–H and O–H groups in total. The van der Waals surface area contributed by atoms with Gasteiger partial charge in [0, 0.05) is 29.7 Å². The van der Waals surface area contributed by atoms with Gasteiger partial charge < -0.3 is 4.74 Å². The topological polar surface area (TPSA) is 116 Å². The number of aromatic nitrogens is 4. The molecule has 0 aliphatic rings. The number of nitrogens with zero attached hydrogens (tertiary/aromatic N) is 4. The van der Waals surface area contributed by atoms with Gasteiger partial charge in [-0.25, -0.2) is 13.1 Å². The molecule has 2 aromatic carbocycles. The summed E-state index contributed by atoms with van der Waals surface area (Å²) >= 11 is 0. The van der Waals surface area contributed by atoms with Gasteiger partial charge in [0.15, 0.2) is 11.6 Å². The molecule has 0 amide bonds. The molecular weight excluding hydrogens is 418 g/mol. The van der Waals surface area contributed by atoms with Gasteiger partial charge in [-0.3, -0.25) is 9.52 Å². The highest BCUT2D eigenvalue weighted by atomic mass is 32.2. The number of benzene rings is 2. The summed E-state index contributed by atoms with van der Waals surface area (Å²) in [5.41, 5.74) is 0.673. The zero-order chi connectivity index (χ0) is 21.8. The highest BCUT2D eigenvalue weighted by Gasteiger charge is 2.15. The van der Waals surface area contributed by atoms with E-state index in [1.165, 1.54) is 25.1 Å². The fourth-order valence-corrected chi connectivity index (χ4v) is 3.81. The molecule has 0 unspecified atom stereocenters. The van der Waals surface area contributed by atoms with Gasteiger partial charge >= 0.3 is 0 Å². The lowest BCUT2D eigenvalue weighted by Crippen LogP contribution is -2.13. The van der Waals surface area contributed by atoms with Crippen LogP contribution in [0.25, 0.3) is 5.82 Å². The van der Waals surface area contributed by atoms with Crippen LogP contribution >= 0.6 is 0 Å². The van der Waals surface area contributed by atoms with E-state index in [-0.39, 0.29) is 16.6 Å². The lowest BCUT2D eigenvalue weighted by atomic mass is 10.2. The number of sulfonamides is 1. The van der Waals surface area contributed by atoms with Crippen LogP contribution in [-0.2, 0) is 10.0 Å². The average Bonchev–Trinajstić information content (AvgIpc) is 3.30. The number of nitrogens with one attached hydrogen (secondary N) is 1. The zero-order valence-electron chi connectivity index (χ0n) is 16.3. The van der Waals surface area contributed by atoms with Crippen molar-refractivity contribution in [3.8, 4) is 17.4 Å². The summed E-state index contributed by atoms with van der Waals surface area (Å²) in [4.78, 5) is 11.5. The minimum Gasteiger partial charge on any atom is -0.438 e. The molecule has 4 aromatic rings. The third-order valence-corrected chi connectivity index (χ3v) is 5.62. The van der Waals surface area contributed by atoms with Crippen molar-refractivity contribution in [3.05, 3.63) is 84.7 Å². The van der Waals surface area contributed by atoms with Gasteiger partial charge in [0.2, 0.25) is 5.88 Å². The molecule has 2 aromatic heterocycles. The molecule has 0 fully saturated rings. The van der Waals surface area contributed by atoms with Crippen LogP contribution < -0.4 is 9.46 Å². The summed E-state index contributed by atoms with van der Waals surface area (Å²) in [6.07, 6.45) is 3.39. The van der Waals surface area contributed by atoms with Gasteiger partial charge in [0.25, 0.3) is 10.0 Å². The number of ketones is 1. The van der Waals surface area contributed by atoms with Crippen molar-refractivity contribution < 1.29 is 17.9 Å². The van der Waals surface area contributed by atoms with E-state index < -0.39 is 10.0 Å². The fraction of sp³-hybridized carbons (Fsp3) is 0.0476. The number of Topliss-reactive ketones (excluding diaryl/α,β-unsaturated/α-hetero) is 1. The first kappa shape index (κ1) is 20.2. The number of anilines is 1. The largest absolute Gasteiger partial charge is 0.438 e. The molecule has 0 atom stereocenters. The molecule has 156 valence electrons. The lowest BCUT2D eigenvalue weighted by Gasteiger charge is -2.10. The molecule has 0 aliphatic carbocycles. The first-order valence-corrected chi connectivity index (χ1v) is 10.6. The van der Waals surface area contributed by atoms with Crippen molar-refractivity contribution in [2.75, 3.05) is 4.72 Å². The minimum absolute atomic E-state index is 0.00747. The van der Waals surface area contributed by atoms with Crippen molar-refractivity contribution in [3.63, 3.8) is 0 Å². The fourth-order valence-electron chi connectivity index (χ4n) is 2.70. The Bertz CT molecular complexity index is 1300. The minimum atomic E-state index is -3.84. The Morgan fingerprint density at radius 2 is 1.81 bits per heavy atom. The van der Waals surface area contributed by atoms with Crippen LogP contribution in [0.15, 0.2) is 84.0 Å². The van der Waals surface area contributed by atoms with E-state index in [9.17, 15) is 13.2 Å². The summed E-state index contributed by atoms with van der Waals surface area (Å²) < 4.78 is 34.9. The highest BCUT2D eigenvalue weighted by molar-refractivity contribution is 7.92. The van der Waals surface area contributed by atoms with Gasteiger partial charge in [0.05, 0.1) is 4.90 Å². The van der Waals surface area contributed by atoms with Crippen molar-refractivity contribution in [1.82, 2.24) is 20.0 Å². The molecule has 31 heavy (non-hydrogen) atoms. The first-order valence-electron chi connectivity index (χ1n) is 9.16. The zero-order valence-corrected chi connectivity index (χ0v) is 17.2. The van der Waals surface area contributed by atoms with Gasteiger partial charge in [-0.05, 0) is 55.5 Å². The molecule has 0 radical (unpaired) electrons. The number of rotatable bonds is 7. The Hall–Kier alpha value is -4.05. The normalized spacial score (nSPS) is 11.1. The predicted molar refractivity (Wildman–Crippen MR) is 113 cm³/mol. The van der Waals surface area contributed by atoms with E-state index in [2.05, 4.69) is 20.0 Å². The van der Waals surface area contributed by atoms with Crippen molar-refractivity contribution in [2.24, 2.45) is 0 Å². The molecule has 2 heterocycles. The van der Waals surface area contributed by atoms with Crippen LogP contribution in [-0.4, -0.2) is 34.2 Å². The number of hydrogen-bond acceptors (Lipinski definition) is 7.